The maximum Gasteiger partial charge on any atom is 0.236 e. The molecule has 0 spiro atoms. The summed E-state index contributed by atoms with van der Waals surface area (Å²) >= 11 is 3.59. The van der Waals surface area contributed by atoms with E-state index in [4.69, 9.17) is 4.98 Å². The molecule has 0 N–H and O–H groups in total. The summed E-state index contributed by atoms with van der Waals surface area (Å²) in [5, 5.41) is 5.62. The number of para-hydroxylation sites is 1. The third-order valence-corrected chi connectivity index (χ3v) is 8.25. The number of amides is 1. The first-order chi connectivity index (χ1) is 14.7. The lowest BCUT2D eigenvalue weighted by Gasteiger charge is -2.37. The van der Waals surface area contributed by atoms with Gasteiger partial charge in [-0.15, -0.1) is 11.3 Å². The van der Waals surface area contributed by atoms with Crippen molar-refractivity contribution in [3.05, 3.63) is 51.7 Å². The molecule has 0 aliphatic carbocycles. The van der Waals surface area contributed by atoms with Crippen molar-refractivity contribution in [1.29, 1.82) is 0 Å². The number of aromatic nitrogens is 1. The average molecular weight is 441 g/mol. The molecule has 0 bridgehead atoms. The van der Waals surface area contributed by atoms with E-state index < -0.39 is 0 Å². The molecule has 0 saturated carbocycles. The molecule has 2 aliphatic rings. The quantitative estimate of drug-likeness (QED) is 0.604. The van der Waals surface area contributed by atoms with Gasteiger partial charge in [0.2, 0.25) is 5.91 Å². The number of carbonyl (C=O) groups excluding carboxylic acids is 1. The highest BCUT2D eigenvalue weighted by Crippen LogP contribution is 2.33. The minimum atomic E-state index is 0.295. The van der Waals surface area contributed by atoms with E-state index in [1.807, 2.05) is 11.3 Å². The van der Waals surface area contributed by atoms with Crippen LogP contribution in [0, 0.1) is 0 Å². The predicted molar refractivity (Wildman–Crippen MR) is 124 cm³/mol. The number of benzene rings is 1. The first-order valence-electron chi connectivity index (χ1n) is 10.8. The van der Waals surface area contributed by atoms with E-state index in [1.54, 1.807) is 11.3 Å². The molecule has 30 heavy (non-hydrogen) atoms. The van der Waals surface area contributed by atoms with Crippen molar-refractivity contribution in [2.75, 3.05) is 45.8 Å². The minimum absolute atomic E-state index is 0.295. The number of hydrogen-bond donors (Lipinski definition) is 0. The third-order valence-electron chi connectivity index (χ3n) is 6.32. The maximum atomic E-state index is 12.8. The molecule has 2 aromatic heterocycles. The lowest BCUT2D eigenvalue weighted by atomic mass is 9.97. The summed E-state index contributed by atoms with van der Waals surface area (Å²) in [6, 6.07) is 10.6. The number of likely N-dealkylation sites (tertiary alicyclic amines) is 1. The van der Waals surface area contributed by atoms with Crippen LogP contribution in [0.2, 0.25) is 0 Å². The van der Waals surface area contributed by atoms with Crippen LogP contribution in [0.5, 0.6) is 0 Å². The lowest BCUT2D eigenvalue weighted by molar-refractivity contribution is -0.134. The fourth-order valence-electron chi connectivity index (χ4n) is 4.49. The van der Waals surface area contributed by atoms with Crippen LogP contribution in [0.3, 0.4) is 0 Å². The Morgan fingerprint density at radius 1 is 1.00 bits per heavy atom. The number of fused-ring (bicyclic) bond motifs is 1. The Balaban J connectivity index is 1.08. The van der Waals surface area contributed by atoms with Gasteiger partial charge < -0.3 is 4.90 Å². The first kappa shape index (κ1) is 20.1. The van der Waals surface area contributed by atoms with E-state index in [1.165, 1.54) is 15.3 Å². The van der Waals surface area contributed by atoms with E-state index >= 15 is 0 Å². The van der Waals surface area contributed by atoms with Crippen LogP contribution >= 0.6 is 22.7 Å². The summed E-state index contributed by atoms with van der Waals surface area (Å²) in [4.78, 5) is 24.5. The van der Waals surface area contributed by atoms with Gasteiger partial charge in [-0.1, -0.05) is 12.1 Å². The van der Waals surface area contributed by atoms with Crippen molar-refractivity contribution in [3.63, 3.8) is 0 Å². The minimum Gasteiger partial charge on any atom is -0.339 e. The number of thiazole rings is 1. The average Bonchev–Trinajstić information content (AvgIpc) is 3.44. The smallest absolute Gasteiger partial charge is 0.236 e. The van der Waals surface area contributed by atoms with Crippen molar-refractivity contribution < 1.29 is 4.79 Å². The van der Waals surface area contributed by atoms with E-state index in [0.29, 0.717) is 18.4 Å². The van der Waals surface area contributed by atoms with Crippen molar-refractivity contribution >= 4 is 38.8 Å². The zero-order valence-corrected chi connectivity index (χ0v) is 18.8. The maximum absolute atomic E-state index is 12.8. The molecule has 4 heterocycles. The van der Waals surface area contributed by atoms with Gasteiger partial charge in [-0.05, 0) is 60.5 Å². The Kier molecular flexibility index (Phi) is 6.13. The summed E-state index contributed by atoms with van der Waals surface area (Å²) in [6.45, 7) is 7.20. The zero-order chi connectivity index (χ0) is 20.3. The van der Waals surface area contributed by atoms with Gasteiger partial charge in [0.25, 0.3) is 0 Å². The van der Waals surface area contributed by atoms with Gasteiger partial charge >= 0.3 is 0 Å². The number of carbonyl (C=O) groups is 1. The molecule has 5 nitrogen and oxygen atoms in total. The number of thiophene rings is 1. The normalized spacial score (nSPS) is 19.5. The van der Waals surface area contributed by atoms with Gasteiger partial charge in [0.1, 0.15) is 0 Å². The Bertz CT molecular complexity index is 937. The number of nitrogens with zero attached hydrogens (tertiary/aromatic N) is 4. The van der Waals surface area contributed by atoms with Gasteiger partial charge in [0.05, 0.1) is 21.8 Å². The fraction of sp³-hybridized carbons (Fsp3) is 0.478. The van der Waals surface area contributed by atoms with Crippen LogP contribution in [0.25, 0.3) is 10.2 Å². The van der Waals surface area contributed by atoms with Crippen molar-refractivity contribution in [3.8, 4) is 0 Å². The van der Waals surface area contributed by atoms with Crippen LogP contribution in [-0.2, 0) is 11.3 Å². The molecule has 158 valence electrons. The van der Waals surface area contributed by atoms with Gasteiger partial charge in [-0.3, -0.25) is 14.6 Å². The summed E-state index contributed by atoms with van der Waals surface area (Å²) in [7, 11) is 0. The highest BCUT2D eigenvalue weighted by molar-refractivity contribution is 7.18. The molecule has 2 saturated heterocycles. The van der Waals surface area contributed by atoms with Gasteiger partial charge in [0.15, 0.2) is 0 Å². The van der Waals surface area contributed by atoms with E-state index in [2.05, 4.69) is 55.8 Å². The highest BCUT2D eigenvalue weighted by Gasteiger charge is 2.27. The van der Waals surface area contributed by atoms with Crippen LogP contribution in [0.15, 0.2) is 41.1 Å². The second-order valence-electron chi connectivity index (χ2n) is 8.36. The second kappa shape index (κ2) is 9.14. The monoisotopic (exact) mass is 440 g/mol. The Morgan fingerprint density at radius 2 is 1.80 bits per heavy atom. The van der Waals surface area contributed by atoms with Crippen molar-refractivity contribution in [2.24, 2.45) is 0 Å². The molecule has 1 amide bonds. The van der Waals surface area contributed by atoms with Gasteiger partial charge in [0, 0.05) is 38.6 Å². The Hall–Kier alpha value is -1.80. The molecule has 0 unspecified atom stereocenters. The van der Waals surface area contributed by atoms with E-state index in [9.17, 15) is 4.79 Å². The number of rotatable bonds is 5. The Labute approximate surface area is 185 Å². The molecule has 3 aromatic rings. The number of piperidine rings is 1. The topological polar surface area (TPSA) is 39.7 Å². The summed E-state index contributed by atoms with van der Waals surface area (Å²) in [5.41, 5.74) is 2.50. The van der Waals surface area contributed by atoms with Gasteiger partial charge in [-0.2, -0.15) is 11.3 Å². The number of piperazine rings is 1. The molecule has 2 fully saturated rings. The van der Waals surface area contributed by atoms with Crippen LogP contribution in [0.4, 0.5) is 0 Å². The standard InChI is InChI=1S/C23H28N4OS2/c28-22(27-12-10-26(11-13-27)15-18-7-14-29-17-18)16-25-8-5-19(6-9-25)23-24-20-3-1-2-4-21(20)30-23/h1-4,7,14,17,19H,5-6,8-13,15-16H2. The molecule has 5 rings (SSSR count). The van der Waals surface area contributed by atoms with Gasteiger partial charge in [-0.25, -0.2) is 4.98 Å². The molecule has 2 aliphatic heterocycles. The lowest BCUT2D eigenvalue weighted by Crippen LogP contribution is -2.51. The van der Waals surface area contributed by atoms with E-state index in [0.717, 1.165) is 64.2 Å². The van der Waals surface area contributed by atoms with E-state index in [-0.39, 0.29) is 0 Å². The number of hydrogen-bond acceptors (Lipinski definition) is 6. The van der Waals surface area contributed by atoms with Crippen LogP contribution < -0.4 is 0 Å². The zero-order valence-electron chi connectivity index (χ0n) is 17.2. The second-order valence-corrected chi connectivity index (χ2v) is 10.2. The molecular formula is C23H28N4OS2. The summed E-state index contributed by atoms with van der Waals surface area (Å²) < 4.78 is 1.28. The third kappa shape index (κ3) is 4.59. The first-order valence-corrected chi connectivity index (χ1v) is 12.6. The highest BCUT2D eigenvalue weighted by atomic mass is 32.1. The summed E-state index contributed by atoms with van der Waals surface area (Å²) in [6.07, 6.45) is 2.20. The SMILES string of the molecule is O=C(CN1CCC(c2nc3ccccc3s2)CC1)N1CCN(Cc2ccsc2)CC1. The summed E-state index contributed by atoms with van der Waals surface area (Å²) in [5.74, 6) is 0.832. The molecule has 1 aromatic carbocycles. The largest absolute Gasteiger partial charge is 0.339 e. The Morgan fingerprint density at radius 3 is 2.53 bits per heavy atom. The fourth-order valence-corrected chi connectivity index (χ4v) is 6.29. The predicted octanol–water partition coefficient (Wildman–Crippen LogP) is 3.88. The van der Waals surface area contributed by atoms with Crippen molar-refractivity contribution in [2.45, 2.75) is 25.3 Å². The molecule has 0 radical (unpaired) electrons. The van der Waals surface area contributed by atoms with Crippen LogP contribution in [0.1, 0.15) is 29.3 Å². The van der Waals surface area contributed by atoms with Crippen molar-refractivity contribution in [1.82, 2.24) is 19.7 Å². The molecule has 0 atom stereocenters. The molecule has 7 heteroatoms. The molecular weight excluding hydrogens is 412 g/mol. The van der Waals surface area contributed by atoms with Crippen LogP contribution in [-0.4, -0.2) is 71.4 Å².